The predicted octanol–water partition coefficient (Wildman–Crippen LogP) is 2.33. The maximum absolute atomic E-state index is 13.6. The van der Waals surface area contributed by atoms with Crippen LogP contribution in [0.3, 0.4) is 0 Å². The van der Waals surface area contributed by atoms with E-state index in [2.05, 4.69) is 30.3 Å². The van der Waals surface area contributed by atoms with Crippen molar-refractivity contribution in [2.75, 3.05) is 51.9 Å². The molecule has 2 aliphatic rings. The van der Waals surface area contributed by atoms with Gasteiger partial charge in [-0.1, -0.05) is 0 Å². The van der Waals surface area contributed by atoms with Crippen molar-refractivity contribution in [3.8, 4) is 17.2 Å². The Labute approximate surface area is 231 Å². The number of ether oxygens (including phenoxy) is 3. The Morgan fingerprint density at radius 1 is 1.07 bits per heavy atom. The van der Waals surface area contributed by atoms with Gasteiger partial charge in [0.05, 0.1) is 32.4 Å². The number of methoxy groups -OCH3 is 2. The van der Waals surface area contributed by atoms with Crippen molar-refractivity contribution in [3.05, 3.63) is 64.2 Å². The number of phenols is 1. The van der Waals surface area contributed by atoms with Gasteiger partial charge in [0.25, 0.3) is 5.56 Å². The third-order valence-corrected chi connectivity index (χ3v) is 7.77. The zero-order valence-electron chi connectivity index (χ0n) is 22.6. The zero-order valence-corrected chi connectivity index (χ0v) is 22.6. The number of aromatic amines is 1. The summed E-state index contributed by atoms with van der Waals surface area (Å²) in [5.74, 6) is 1.97. The number of piperazine rings is 1. The monoisotopic (exact) mass is 547 g/mol. The molecule has 4 aromatic rings. The van der Waals surface area contributed by atoms with E-state index in [0.717, 1.165) is 43.6 Å². The van der Waals surface area contributed by atoms with Crippen LogP contribution in [-0.4, -0.2) is 88.3 Å². The van der Waals surface area contributed by atoms with Crippen LogP contribution in [0.25, 0.3) is 10.9 Å². The van der Waals surface area contributed by atoms with Crippen molar-refractivity contribution in [1.82, 2.24) is 30.1 Å². The van der Waals surface area contributed by atoms with Gasteiger partial charge in [0.15, 0.2) is 17.3 Å². The Kier molecular flexibility index (Phi) is 7.27. The van der Waals surface area contributed by atoms with E-state index >= 15 is 0 Å². The molecule has 2 N–H and O–H groups in total. The van der Waals surface area contributed by atoms with E-state index in [1.165, 1.54) is 0 Å². The average molecular weight is 548 g/mol. The fourth-order valence-electron chi connectivity index (χ4n) is 5.67. The second kappa shape index (κ2) is 11.1. The first kappa shape index (κ1) is 26.1. The maximum atomic E-state index is 13.6. The summed E-state index contributed by atoms with van der Waals surface area (Å²) in [5.41, 5.74) is 2.04. The second-order valence-corrected chi connectivity index (χ2v) is 10.1. The van der Waals surface area contributed by atoms with Crippen molar-refractivity contribution in [1.29, 1.82) is 0 Å². The van der Waals surface area contributed by atoms with E-state index in [4.69, 9.17) is 14.2 Å². The molecule has 0 bridgehead atoms. The normalized spacial score (nSPS) is 18.8. The Morgan fingerprint density at radius 2 is 1.82 bits per heavy atom. The van der Waals surface area contributed by atoms with Gasteiger partial charge in [0.2, 0.25) is 0 Å². The molecule has 2 aromatic carbocycles. The number of fused-ring (bicyclic) bond motifs is 1. The van der Waals surface area contributed by atoms with Gasteiger partial charge >= 0.3 is 0 Å². The molecule has 0 unspecified atom stereocenters. The minimum absolute atomic E-state index is 0.0425. The van der Waals surface area contributed by atoms with Gasteiger partial charge in [0, 0.05) is 55.5 Å². The maximum Gasteiger partial charge on any atom is 0.253 e. The van der Waals surface area contributed by atoms with E-state index in [9.17, 15) is 9.90 Å². The summed E-state index contributed by atoms with van der Waals surface area (Å²) in [5, 5.41) is 23.3. The zero-order chi connectivity index (χ0) is 27.6. The molecular weight excluding hydrogens is 514 g/mol. The first-order chi connectivity index (χ1) is 19.5. The molecule has 210 valence electrons. The van der Waals surface area contributed by atoms with Gasteiger partial charge in [-0.15, -0.1) is 5.10 Å². The van der Waals surface area contributed by atoms with E-state index in [-0.39, 0.29) is 17.4 Å². The van der Waals surface area contributed by atoms with Crippen LogP contribution in [0.4, 0.5) is 5.69 Å². The molecule has 40 heavy (non-hydrogen) atoms. The number of anilines is 1. The van der Waals surface area contributed by atoms with E-state index in [1.54, 1.807) is 37.1 Å². The highest BCUT2D eigenvalue weighted by Crippen LogP contribution is 2.34. The molecule has 0 spiro atoms. The Hall–Kier alpha value is -4.16. The molecule has 0 amide bonds. The van der Waals surface area contributed by atoms with Crippen LogP contribution in [0, 0.1) is 0 Å². The van der Waals surface area contributed by atoms with E-state index in [0.29, 0.717) is 48.0 Å². The number of nitrogens with one attached hydrogen (secondary N) is 1. The van der Waals surface area contributed by atoms with Crippen LogP contribution in [0.2, 0.25) is 0 Å². The SMILES string of the molecule is COc1cc2cc([C@H](c3nnnn3C[C@H]3CCCO3)N3CCN(c4ccc(O)cc4)CC3)c(=O)[nH]c2cc1OC. The lowest BCUT2D eigenvalue weighted by atomic mass is 10.0. The van der Waals surface area contributed by atoms with Crippen LogP contribution in [0.1, 0.15) is 30.3 Å². The molecule has 0 saturated carbocycles. The lowest BCUT2D eigenvalue weighted by Gasteiger charge is -2.39. The highest BCUT2D eigenvalue weighted by atomic mass is 16.5. The lowest BCUT2D eigenvalue weighted by Crippen LogP contribution is -2.49. The van der Waals surface area contributed by atoms with Crippen molar-refractivity contribution < 1.29 is 19.3 Å². The first-order valence-corrected chi connectivity index (χ1v) is 13.5. The fraction of sp³-hybridized carbons (Fsp3) is 0.429. The summed E-state index contributed by atoms with van der Waals surface area (Å²) in [6.07, 6.45) is 2.01. The number of phenolic OH excluding ortho intramolecular Hbond substituents is 1. The summed E-state index contributed by atoms with van der Waals surface area (Å²) in [6.45, 7) is 4.11. The number of benzene rings is 2. The van der Waals surface area contributed by atoms with E-state index in [1.807, 2.05) is 24.3 Å². The van der Waals surface area contributed by atoms with Crippen LogP contribution in [0.15, 0.2) is 47.3 Å². The highest BCUT2D eigenvalue weighted by Gasteiger charge is 2.33. The number of aromatic hydroxyl groups is 1. The van der Waals surface area contributed by atoms with Crippen molar-refractivity contribution in [2.45, 2.75) is 31.5 Å². The molecule has 12 heteroatoms. The highest BCUT2D eigenvalue weighted by molar-refractivity contribution is 5.83. The largest absolute Gasteiger partial charge is 0.508 e. The minimum atomic E-state index is -0.473. The number of H-pyrrole nitrogens is 1. The molecule has 2 saturated heterocycles. The average Bonchev–Trinajstić information content (AvgIpc) is 3.66. The molecule has 2 aromatic heterocycles. The molecule has 6 rings (SSSR count). The summed E-state index contributed by atoms with van der Waals surface area (Å²) in [6, 6.07) is 12.3. The molecule has 4 heterocycles. The van der Waals surface area contributed by atoms with Crippen LogP contribution in [0.5, 0.6) is 17.2 Å². The number of aromatic nitrogens is 5. The summed E-state index contributed by atoms with van der Waals surface area (Å²) >= 11 is 0. The van der Waals surface area contributed by atoms with Gasteiger partial charge in [0.1, 0.15) is 11.8 Å². The summed E-state index contributed by atoms with van der Waals surface area (Å²) < 4.78 is 18.6. The van der Waals surface area contributed by atoms with Crippen molar-refractivity contribution >= 4 is 16.6 Å². The number of hydrogen-bond donors (Lipinski definition) is 2. The third kappa shape index (κ3) is 5.07. The smallest absolute Gasteiger partial charge is 0.253 e. The van der Waals surface area contributed by atoms with Gasteiger partial charge in [-0.2, -0.15) is 0 Å². The molecule has 0 aliphatic carbocycles. The number of hydrogen-bond acceptors (Lipinski definition) is 10. The Morgan fingerprint density at radius 3 is 2.52 bits per heavy atom. The molecule has 0 radical (unpaired) electrons. The van der Waals surface area contributed by atoms with Gasteiger partial charge in [-0.25, -0.2) is 4.68 Å². The third-order valence-electron chi connectivity index (χ3n) is 7.77. The van der Waals surface area contributed by atoms with Crippen molar-refractivity contribution in [2.24, 2.45) is 0 Å². The fourth-order valence-corrected chi connectivity index (χ4v) is 5.67. The number of pyridine rings is 1. The second-order valence-electron chi connectivity index (χ2n) is 10.1. The molecule has 2 aliphatic heterocycles. The van der Waals surface area contributed by atoms with Gasteiger partial charge < -0.3 is 29.2 Å². The first-order valence-electron chi connectivity index (χ1n) is 13.5. The van der Waals surface area contributed by atoms with E-state index < -0.39 is 6.04 Å². The number of nitrogens with zero attached hydrogens (tertiary/aromatic N) is 6. The quantitative estimate of drug-likeness (QED) is 0.339. The van der Waals surface area contributed by atoms with Gasteiger partial charge in [-0.05, 0) is 59.7 Å². The standard InChI is InChI=1S/C28H33N7O5/c1-38-24-15-18-14-22(28(37)29-23(18)16-25(24)39-2)26(27-30-31-32-35(27)17-21-4-3-13-40-21)34-11-9-33(10-12-34)19-5-7-20(36)8-6-19/h5-8,14-16,21,26,36H,3-4,9-13,17H2,1-2H3,(H,29,37)/t21-,26-/m1/s1. The predicted molar refractivity (Wildman–Crippen MR) is 148 cm³/mol. The summed E-state index contributed by atoms with van der Waals surface area (Å²) in [4.78, 5) is 21.2. The Bertz CT molecular complexity index is 1520. The summed E-state index contributed by atoms with van der Waals surface area (Å²) in [7, 11) is 3.16. The molecular formula is C28H33N7O5. The van der Waals surface area contributed by atoms with Crippen LogP contribution < -0.4 is 19.9 Å². The number of rotatable bonds is 8. The lowest BCUT2D eigenvalue weighted by molar-refractivity contribution is 0.0906. The minimum Gasteiger partial charge on any atom is -0.508 e. The number of tetrazole rings is 1. The topological polar surface area (TPSA) is 131 Å². The molecule has 2 atom stereocenters. The van der Waals surface area contributed by atoms with Crippen LogP contribution in [-0.2, 0) is 11.3 Å². The molecule has 12 nitrogen and oxygen atoms in total. The van der Waals surface area contributed by atoms with Crippen molar-refractivity contribution in [3.63, 3.8) is 0 Å². The molecule has 2 fully saturated rings. The van der Waals surface area contributed by atoms with Gasteiger partial charge in [-0.3, -0.25) is 9.69 Å². The van der Waals surface area contributed by atoms with Crippen LogP contribution >= 0.6 is 0 Å². The Balaban J connectivity index is 1.38.